The highest BCUT2D eigenvalue weighted by molar-refractivity contribution is 5.95. The van der Waals surface area contributed by atoms with Crippen molar-refractivity contribution in [1.82, 2.24) is 15.0 Å². The fourth-order valence-corrected chi connectivity index (χ4v) is 3.18. The van der Waals surface area contributed by atoms with Gasteiger partial charge >= 0.3 is 0 Å². The van der Waals surface area contributed by atoms with Crippen molar-refractivity contribution in [3.05, 3.63) is 41.8 Å². The van der Waals surface area contributed by atoms with Gasteiger partial charge in [0.05, 0.1) is 24.5 Å². The van der Waals surface area contributed by atoms with Crippen molar-refractivity contribution in [1.29, 1.82) is 0 Å². The van der Waals surface area contributed by atoms with Crippen LogP contribution in [0, 0.1) is 6.92 Å². The molecule has 1 N–H and O–H groups in total. The Kier molecular flexibility index (Phi) is 5.90. The van der Waals surface area contributed by atoms with Gasteiger partial charge in [-0.2, -0.15) is 0 Å². The Hall–Kier alpha value is -2.38. The van der Waals surface area contributed by atoms with E-state index in [4.69, 9.17) is 9.26 Å². The molecule has 2 aromatic rings. The van der Waals surface area contributed by atoms with Gasteiger partial charge in [-0.25, -0.2) is 0 Å². The molecule has 0 saturated carbocycles. The van der Waals surface area contributed by atoms with E-state index in [0.717, 1.165) is 44.2 Å². The Bertz CT molecular complexity index is 738. The van der Waals surface area contributed by atoms with Crippen molar-refractivity contribution in [3.63, 3.8) is 0 Å². The molecule has 1 atom stereocenters. The lowest BCUT2D eigenvalue weighted by atomic mass is 10.2. The van der Waals surface area contributed by atoms with Gasteiger partial charge in [-0.05, 0) is 26.0 Å². The molecular formula is C19H26N4O3. The van der Waals surface area contributed by atoms with Crippen LogP contribution >= 0.6 is 0 Å². The summed E-state index contributed by atoms with van der Waals surface area (Å²) in [6, 6.07) is 9.22. The van der Waals surface area contributed by atoms with Gasteiger partial charge in [0.15, 0.2) is 0 Å². The minimum absolute atomic E-state index is 0.0184. The minimum atomic E-state index is -0.198. The maximum Gasteiger partial charge on any atom is 0.241 e. The first-order chi connectivity index (χ1) is 12.6. The highest BCUT2D eigenvalue weighted by Gasteiger charge is 2.26. The maximum absolute atomic E-state index is 12.6. The molecular weight excluding hydrogens is 332 g/mol. The Morgan fingerprint density at radius 1 is 1.31 bits per heavy atom. The van der Waals surface area contributed by atoms with Gasteiger partial charge in [0.2, 0.25) is 5.91 Å². The molecule has 1 amide bonds. The first-order valence-corrected chi connectivity index (χ1v) is 8.89. The van der Waals surface area contributed by atoms with Gasteiger partial charge < -0.3 is 14.6 Å². The van der Waals surface area contributed by atoms with Crippen LogP contribution in [-0.4, -0.2) is 60.2 Å². The minimum Gasteiger partial charge on any atom is -0.495 e. The number of nitrogens with zero attached hydrogens (tertiary/aromatic N) is 3. The van der Waals surface area contributed by atoms with E-state index in [1.165, 1.54) is 0 Å². The van der Waals surface area contributed by atoms with Crippen molar-refractivity contribution >= 4 is 11.6 Å². The number of piperazine rings is 1. The molecule has 3 rings (SSSR count). The number of carbonyl (C=O) groups is 1. The summed E-state index contributed by atoms with van der Waals surface area (Å²) in [7, 11) is 1.60. The average molecular weight is 358 g/mol. The predicted octanol–water partition coefficient (Wildman–Crippen LogP) is 2.14. The molecule has 0 unspecified atom stereocenters. The molecule has 1 aliphatic heterocycles. The molecule has 26 heavy (non-hydrogen) atoms. The molecule has 140 valence electrons. The summed E-state index contributed by atoms with van der Waals surface area (Å²) in [5, 5.41) is 7.02. The fraction of sp³-hybridized carbons (Fsp3) is 0.474. The lowest BCUT2D eigenvalue weighted by molar-refractivity contribution is -0.121. The van der Waals surface area contributed by atoms with Crippen molar-refractivity contribution in [2.45, 2.75) is 26.4 Å². The van der Waals surface area contributed by atoms with Crippen molar-refractivity contribution in [2.24, 2.45) is 0 Å². The number of nitrogens with one attached hydrogen (secondary N) is 1. The van der Waals surface area contributed by atoms with Gasteiger partial charge in [0.1, 0.15) is 11.5 Å². The normalized spacial score (nSPS) is 17.0. The number of aryl methyl sites for hydroxylation is 1. The number of rotatable bonds is 6. The highest BCUT2D eigenvalue weighted by Crippen LogP contribution is 2.23. The third-order valence-electron chi connectivity index (χ3n) is 4.76. The first kappa shape index (κ1) is 18.4. The van der Waals surface area contributed by atoms with Crippen LogP contribution in [0.5, 0.6) is 5.75 Å². The largest absolute Gasteiger partial charge is 0.495 e. The summed E-state index contributed by atoms with van der Waals surface area (Å²) >= 11 is 0. The fourth-order valence-electron chi connectivity index (χ4n) is 3.18. The number of ether oxygens (including phenoxy) is 1. The van der Waals surface area contributed by atoms with Gasteiger partial charge in [0, 0.05) is 38.8 Å². The zero-order chi connectivity index (χ0) is 18.5. The SMILES string of the molecule is COc1ccccc1NC(=O)[C@H](C)N1CCN(Cc2cc(C)on2)CC1. The van der Waals surface area contributed by atoms with Crippen LogP contribution in [0.25, 0.3) is 0 Å². The van der Waals surface area contributed by atoms with Gasteiger partial charge in [-0.15, -0.1) is 0 Å². The monoisotopic (exact) mass is 358 g/mol. The summed E-state index contributed by atoms with van der Waals surface area (Å²) in [6.07, 6.45) is 0. The number of para-hydroxylation sites is 2. The first-order valence-electron chi connectivity index (χ1n) is 8.89. The third kappa shape index (κ3) is 4.42. The summed E-state index contributed by atoms with van der Waals surface area (Å²) in [6.45, 7) is 8.12. The number of carbonyl (C=O) groups excluding carboxylic acids is 1. The lowest BCUT2D eigenvalue weighted by Crippen LogP contribution is -2.52. The molecule has 0 bridgehead atoms. The Labute approximate surface area is 153 Å². The molecule has 1 saturated heterocycles. The van der Waals surface area contributed by atoms with E-state index in [-0.39, 0.29) is 11.9 Å². The highest BCUT2D eigenvalue weighted by atomic mass is 16.5. The average Bonchev–Trinajstić information content (AvgIpc) is 3.07. The number of hydrogen-bond acceptors (Lipinski definition) is 6. The molecule has 1 aromatic carbocycles. The second kappa shape index (κ2) is 8.33. The molecule has 2 heterocycles. The summed E-state index contributed by atoms with van der Waals surface area (Å²) in [5.74, 6) is 1.48. The number of benzene rings is 1. The Balaban J connectivity index is 1.51. The Morgan fingerprint density at radius 2 is 2.04 bits per heavy atom. The van der Waals surface area contributed by atoms with E-state index in [1.54, 1.807) is 7.11 Å². The molecule has 7 nitrogen and oxygen atoms in total. The topological polar surface area (TPSA) is 70.8 Å². The molecule has 0 aliphatic carbocycles. The summed E-state index contributed by atoms with van der Waals surface area (Å²) in [4.78, 5) is 17.1. The van der Waals surface area contributed by atoms with Gasteiger partial charge in [0.25, 0.3) is 0 Å². The van der Waals surface area contributed by atoms with E-state index in [0.29, 0.717) is 11.4 Å². The maximum atomic E-state index is 12.6. The number of amides is 1. The quantitative estimate of drug-likeness (QED) is 0.853. The molecule has 1 aliphatic rings. The molecule has 0 spiro atoms. The summed E-state index contributed by atoms with van der Waals surface area (Å²) < 4.78 is 10.4. The van der Waals surface area contributed by atoms with E-state index in [9.17, 15) is 4.79 Å². The number of hydrogen-bond donors (Lipinski definition) is 1. The molecule has 0 radical (unpaired) electrons. The van der Waals surface area contributed by atoms with Crippen LogP contribution in [0.4, 0.5) is 5.69 Å². The van der Waals surface area contributed by atoms with E-state index >= 15 is 0 Å². The van der Waals surface area contributed by atoms with Crippen LogP contribution in [0.3, 0.4) is 0 Å². The number of anilines is 1. The molecule has 1 fully saturated rings. The molecule has 7 heteroatoms. The van der Waals surface area contributed by atoms with E-state index in [1.807, 2.05) is 44.2 Å². The standard InChI is InChI=1S/C19H26N4O3/c1-14-12-16(21-26-14)13-22-8-10-23(11-9-22)15(2)19(24)20-17-6-4-5-7-18(17)25-3/h4-7,12,15H,8-11,13H2,1-3H3,(H,20,24)/t15-/m0/s1. The third-order valence-corrected chi connectivity index (χ3v) is 4.76. The zero-order valence-electron chi connectivity index (χ0n) is 15.6. The van der Waals surface area contributed by atoms with Crippen LogP contribution in [-0.2, 0) is 11.3 Å². The number of aromatic nitrogens is 1. The van der Waals surface area contributed by atoms with Crippen LogP contribution in [0.15, 0.2) is 34.9 Å². The Morgan fingerprint density at radius 3 is 2.69 bits per heavy atom. The molecule has 1 aromatic heterocycles. The van der Waals surface area contributed by atoms with Crippen LogP contribution in [0.2, 0.25) is 0 Å². The van der Waals surface area contributed by atoms with E-state index < -0.39 is 0 Å². The predicted molar refractivity (Wildman–Crippen MR) is 99.2 cm³/mol. The smallest absolute Gasteiger partial charge is 0.241 e. The summed E-state index contributed by atoms with van der Waals surface area (Å²) in [5.41, 5.74) is 1.66. The van der Waals surface area contributed by atoms with E-state index in [2.05, 4.69) is 20.3 Å². The second-order valence-corrected chi connectivity index (χ2v) is 6.61. The van der Waals surface area contributed by atoms with Crippen molar-refractivity contribution in [3.8, 4) is 5.75 Å². The van der Waals surface area contributed by atoms with Gasteiger partial charge in [-0.3, -0.25) is 14.6 Å². The second-order valence-electron chi connectivity index (χ2n) is 6.61. The number of methoxy groups -OCH3 is 1. The van der Waals surface area contributed by atoms with Crippen LogP contribution < -0.4 is 10.1 Å². The van der Waals surface area contributed by atoms with Crippen molar-refractivity contribution < 1.29 is 14.1 Å². The van der Waals surface area contributed by atoms with Crippen LogP contribution in [0.1, 0.15) is 18.4 Å². The van der Waals surface area contributed by atoms with Gasteiger partial charge in [-0.1, -0.05) is 17.3 Å². The van der Waals surface area contributed by atoms with Crippen molar-refractivity contribution in [2.75, 3.05) is 38.6 Å². The lowest BCUT2D eigenvalue weighted by Gasteiger charge is -2.37. The zero-order valence-corrected chi connectivity index (χ0v) is 15.6.